The molecule has 3 heterocycles. The Kier molecular flexibility index (Phi) is 2.50. The van der Waals surface area contributed by atoms with Crippen molar-refractivity contribution in [3.8, 4) is 11.3 Å². The molecule has 0 amide bonds. The molecule has 2 N–H and O–H groups in total. The van der Waals surface area contributed by atoms with E-state index in [4.69, 9.17) is 0 Å². The Morgan fingerprint density at radius 3 is 3.19 bits per heavy atom. The fourth-order valence-electron chi connectivity index (χ4n) is 2.25. The number of hydrogen-bond donors (Lipinski definition) is 2. The third kappa shape index (κ3) is 1.76. The Bertz CT molecular complexity index is 437. The lowest BCUT2D eigenvalue weighted by molar-refractivity contribution is 0.347. The van der Waals surface area contributed by atoms with Gasteiger partial charge in [-0.25, -0.2) is 0 Å². The summed E-state index contributed by atoms with van der Waals surface area (Å²) < 4.78 is 2.09. The number of nitrogens with one attached hydrogen (secondary N) is 2. The lowest BCUT2D eigenvalue weighted by Gasteiger charge is -2.22. The van der Waals surface area contributed by atoms with Crippen LogP contribution in [0.15, 0.2) is 30.7 Å². The molecule has 0 aliphatic carbocycles. The minimum atomic E-state index is 0.512. The number of hydrogen-bond acceptors (Lipinski definition) is 2. The van der Waals surface area contributed by atoms with E-state index in [0.29, 0.717) is 6.04 Å². The summed E-state index contributed by atoms with van der Waals surface area (Å²) in [4.78, 5) is 3.20. The zero-order valence-electron chi connectivity index (χ0n) is 9.19. The summed E-state index contributed by atoms with van der Waals surface area (Å²) in [6.07, 6.45) is 8.46. The van der Waals surface area contributed by atoms with Crippen molar-refractivity contribution in [3.63, 3.8) is 0 Å². The van der Waals surface area contributed by atoms with Crippen molar-refractivity contribution in [3.05, 3.63) is 30.7 Å². The molecule has 4 heteroatoms. The summed E-state index contributed by atoms with van der Waals surface area (Å²) in [7, 11) is 0. The van der Waals surface area contributed by atoms with Crippen molar-refractivity contribution in [1.29, 1.82) is 0 Å². The molecule has 1 aliphatic rings. The summed E-state index contributed by atoms with van der Waals surface area (Å²) in [6.45, 7) is 2.17. The third-order valence-electron chi connectivity index (χ3n) is 3.16. The van der Waals surface area contributed by atoms with Gasteiger partial charge in [0.05, 0.1) is 12.2 Å². The molecule has 0 saturated carbocycles. The van der Waals surface area contributed by atoms with E-state index in [9.17, 15) is 0 Å². The van der Waals surface area contributed by atoms with Gasteiger partial charge >= 0.3 is 0 Å². The summed E-state index contributed by atoms with van der Waals surface area (Å²) in [5.41, 5.74) is 2.30. The monoisotopic (exact) mass is 216 g/mol. The Morgan fingerprint density at radius 1 is 1.44 bits per heavy atom. The Morgan fingerprint density at radius 2 is 2.44 bits per heavy atom. The largest absolute Gasteiger partial charge is 0.361 e. The van der Waals surface area contributed by atoms with E-state index in [1.54, 1.807) is 0 Å². The summed E-state index contributed by atoms with van der Waals surface area (Å²) in [6, 6.07) is 4.59. The van der Waals surface area contributed by atoms with Crippen molar-refractivity contribution in [2.45, 2.75) is 18.9 Å². The average Bonchev–Trinajstić information content (AvgIpc) is 3.01. The fraction of sp³-hybridized carbons (Fsp3) is 0.417. The molecule has 0 radical (unpaired) electrons. The molecular weight excluding hydrogens is 200 g/mol. The van der Waals surface area contributed by atoms with E-state index in [2.05, 4.69) is 32.3 Å². The summed E-state index contributed by atoms with van der Waals surface area (Å²) >= 11 is 0. The van der Waals surface area contributed by atoms with Crippen molar-refractivity contribution < 1.29 is 0 Å². The second-order valence-electron chi connectivity index (χ2n) is 4.29. The molecular formula is C12H16N4. The van der Waals surface area contributed by atoms with Crippen LogP contribution in [0.1, 0.15) is 18.9 Å². The van der Waals surface area contributed by atoms with Crippen LogP contribution < -0.4 is 5.32 Å². The normalized spacial score (nSPS) is 21.1. The summed E-state index contributed by atoms with van der Waals surface area (Å²) in [5.74, 6) is 0. The highest BCUT2D eigenvalue weighted by molar-refractivity contribution is 5.56. The van der Waals surface area contributed by atoms with Crippen molar-refractivity contribution in [1.82, 2.24) is 20.1 Å². The van der Waals surface area contributed by atoms with Crippen LogP contribution in [0.5, 0.6) is 0 Å². The maximum atomic E-state index is 4.45. The first-order chi connectivity index (χ1) is 7.93. The number of nitrogens with zero attached hydrogens (tertiary/aromatic N) is 2. The predicted molar refractivity (Wildman–Crippen MR) is 63.2 cm³/mol. The predicted octanol–water partition coefficient (Wildman–Crippen LogP) is 1.80. The molecule has 1 fully saturated rings. The molecule has 2 aromatic rings. The van der Waals surface area contributed by atoms with Gasteiger partial charge in [0.2, 0.25) is 0 Å². The quantitative estimate of drug-likeness (QED) is 0.804. The van der Waals surface area contributed by atoms with Crippen LogP contribution in [-0.4, -0.2) is 27.9 Å². The number of aromatic nitrogens is 3. The van der Waals surface area contributed by atoms with Crippen LogP contribution in [0.3, 0.4) is 0 Å². The minimum Gasteiger partial charge on any atom is -0.361 e. The number of rotatable bonds is 2. The number of aromatic amines is 1. The highest BCUT2D eigenvalue weighted by atomic mass is 15.3. The first-order valence-electron chi connectivity index (χ1n) is 5.82. The lowest BCUT2D eigenvalue weighted by atomic mass is 10.1. The van der Waals surface area contributed by atoms with Gasteiger partial charge < -0.3 is 10.3 Å². The van der Waals surface area contributed by atoms with E-state index >= 15 is 0 Å². The average molecular weight is 216 g/mol. The van der Waals surface area contributed by atoms with E-state index in [1.807, 2.05) is 18.5 Å². The Labute approximate surface area is 94.7 Å². The van der Waals surface area contributed by atoms with Gasteiger partial charge in [0.15, 0.2) is 0 Å². The molecule has 0 spiro atoms. The zero-order valence-corrected chi connectivity index (χ0v) is 9.19. The van der Waals surface area contributed by atoms with E-state index in [0.717, 1.165) is 24.3 Å². The second-order valence-corrected chi connectivity index (χ2v) is 4.29. The minimum absolute atomic E-state index is 0.512. The van der Waals surface area contributed by atoms with Gasteiger partial charge in [-0.15, -0.1) is 0 Å². The highest BCUT2D eigenvalue weighted by Gasteiger charge is 2.15. The van der Waals surface area contributed by atoms with Crippen molar-refractivity contribution in [2.24, 2.45) is 0 Å². The molecule has 0 aromatic carbocycles. The van der Waals surface area contributed by atoms with Gasteiger partial charge in [-0.2, -0.15) is 5.10 Å². The maximum Gasteiger partial charge on any atom is 0.0644 e. The smallest absolute Gasteiger partial charge is 0.0644 e. The van der Waals surface area contributed by atoms with Crippen LogP contribution in [-0.2, 0) is 0 Å². The van der Waals surface area contributed by atoms with Crippen LogP contribution >= 0.6 is 0 Å². The molecule has 1 atom stereocenters. The van der Waals surface area contributed by atoms with Crippen molar-refractivity contribution in [2.75, 3.05) is 13.1 Å². The SMILES string of the molecule is c1c[nH]c(-c2cnn([C@@H]3CCCNC3)c2)c1. The standard InChI is InChI=1S/C12H16N4/c1-3-11(8-13-5-1)16-9-10(7-15-16)12-4-2-6-14-12/h2,4,6-7,9,11,13-14H,1,3,5,8H2/t11-/m1/s1. The first-order valence-corrected chi connectivity index (χ1v) is 5.82. The summed E-state index contributed by atoms with van der Waals surface area (Å²) in [5, 5.41) is 7.86. The topological polar surface area (TPSA) is 45.6 Å². The molecule has 0 bridgehead atoms. The van der Waals surface area contributed by atoms with Crippen LogP contribution in [0.25, 0.3) is 11.3 Å². The fourth-order valence-corrected chi connectivity index (χ4v) is 2.25. The molecule has 84 valence electrons. The number of H-pyrrole nitrogens is 1. The second kappa shape index (κ2) is 4.14. The molecule has 2 aromatic heterocycles. The van der Waals surface area contributed by atoms with Gasteiger partial charge in [-0.05, 0) is 31.5 Å². The molecule has 4 nitrogen and oxygen atoms in total. The van der Waals surface area contributed by atoms with Crippen LogP contribution in [0, 0.1) is 0 Å². The number of piperidine rings is 1. The van der Waals surface area contributed by atoms with Crippen molar-refractivity contribution >= 4 is 0 Å². The van der Waals surface area contributed by atoms with Gasteiger partial charge in [0.1, 0.15) is 0 Å². The van der Waals surface area contributed by atoms with Gasteiger partial charge in [0, 0.05) is 30.2 Å². The molecule has 0 unspecified atom stereocenters. The highest BCUT2D eigenvalue weighted by Crippen LogP contribution is 2.20. The van der Waals surface area contributed by atoms with E-state index in [-0.39, 0.29) is 0 Å². The Balaban J connectivity index is 1.82. The van der Waals surface area contributed by atoms with Crippen LogP contribution in [0.2, 0.25) is 0 Å². The molecule has 1 saturated heterocycles. The molecule has 1 aliphatic heterocycles. The molecule has 3 rings (SSSR count). The van der Waals surface area contributed by atoms with Gasteiger partial charge in [-0.1, -0.05) is 0 Å². The van der Waals surface area contributed by atoms with Crippen LogP contribution in [0.4, 0.5) is 0 Å². The van der Waals surface area contributed by atoms with E-state index < -0.39 is 0 Å². The van der Waals surface area contributed by atoms with E-state index in [1.165, 1.54) is 12.8 Å². The maximum absolute atomic E-state index is 4.45. The van der Waals surface area contributed by atoms with Gasteiger partial charge in [-0.3, -0.25) is 4.68 Å². The third-order valence-corrected chi connectivity index (χ3v) is 3.16. The van der Waals surface area contributed by atoms with Gasteiger partial charge in [0.25, 0.3) is 0 Å². The Hall–Kier alpha value is -1.55. The lowest BCUT2D eigenvalue weighted by Crippen LogP contribution is -2.31. The first kappa shape index (κ1) is 9.66. The molecule has 16 heavy (non-hydrogen) atoms. The zero-order chi connectivity index (χ0) is 10.8.